The molecule has 4 aromatic rings. The van der Waals surface area contributed by atoms with Gasteiger partial charge in [0.05, 0.1) is 11.8 Å². The van der Waals surface area contributed by atoms with Crippen molar-refractivity contribution in [3.63, 3.8) is 0 Å². The van der Waals surface area contributed by atoms with Crippen molar-refractivity contribution in [1.29, 1.82) is 0 Å². The van der Waals surface area contributed by atoms with Crippen molar-refractivity contribution < 1.29 is 9.59 Å². The van der Waals surface area contributed by atoms with Gasteiger partial charge in [-0.1, -0.05) is 30.3 Å². The third-order valence-corrected chi connectivity index (χ3v) is 6.67. The van der Waals surface area contributed by atoms with Crippen molar-refractivity contribution >= 4 is 22.7 Å². The molecule has 1 atom stereocenters. The highest BCUT2D eigenvalue weighted by atomic mass is 16.2. The molecule has 0 N–H and O–H groups in total. The Kier molecular flexibility index (Phi) is 6.57. The number of hydrogen-bond donors (Lipinski definition) is 0. The number of imidazole rings is 1. The number of hydrogen-bond acceptors (Lipinski definition) is 4. The molecule has 3 heterocycles. The molecule has 1 aliphatic heterocycles. The second kappa shape index (κ2) is 10.1. The standard InChI is InChI=1S/C28H29N5O2/c1-21(34)32-13-14-33(28(35)25-7-2-5-22(15-25)17-31-12-11-29-20-31)19-23(18-32)16-24-6-3-9-27-26(24)8-4-10-30-27/h2-12,15,20,23H,13-14,16-19H2,1H3. The Bertz CT molecular complexity index is 1330. The van der Waals surface area contributed by atoms with Gasteiger partial charge in [0.1, 0.15) is 0 Å². The Morgan fingerprint density at radius 2 is 1.80 bits per heavy atom. The summed E-state index contributed by atoms with van der Waals surface area (Å²) in [6, 6.07) is 18.0. The number of carbonyl (C=O) groups excluding carboxylic acids is 2. The fourth-order valence-electron chi connectivity index (χ4n) is 4.94. The Balaban J connectivity index is 1.38. The van der Waals surface area contributed by atoms with Gasteiger partial charge in [-0.15, -0.1) is 0 Å². The van der Waals surface area contributed by atoms with Crippen LogP contribution < -0.4 is 0 Å². The number of carbonyl (C=O) groups is 2. The maximum absolute atomic E-state index is 13.6. The molecule has 7 heteroatoms. The summed E-state index contributed by atoms with van der Waals surface area (Å²) in [5.41, 5.74) is 3.88. The molecule has 1 saturated heterocycles. The zero-order chi connectivity index (χ0) is 24.2. The highest BCUT2D eigenvalue weighted by Crippen LogP contribution is 2.23. The lowest BCUT2D eigenvalue weighted by Gasteiger charge is -2.25. The molecule has 0 spiro atoms. The predicted octanol–water partition coefficient (Wildman–Crippen LogP) is 3.64. The molecule has 5 rings (SSSR count). The Labute approximate surface area is 205 Å². The predicted molar refractivity (Wildman–Crippen MR) is 135 cm³/mol. The second-order valence-electron chi connectivity index (χ2n) is 9.21. The molecule has 2 amide bonds. The van der Waals surface area contributed by atoms with Crippen LogP contribution >= 0.6 is 0 Å². The van der Waals surface area contributed by atoms with E-state index >= 15 is 0 Å². The van der Waals surface area contributed by atoms with Crippen molar-refractivity contribution in [1.82, 2.24) is 24.3 Å². The summed E-state index contributed by atoms with van der Waals surface area (Å²) in [4.78, 5) is 38.3. The van der Waals surface area contributed by atoms with Crippen LogP contribution in [0.15, 0.2) is 79.5 Å². The minimum absolute atomic E-state index is 0.00692. The molecule has 35 heavy (non-hydrogen) atoms. The highest BCUT2D eigenvalue weighted by Gasteiger charge is 2.28. The van der Waals surface area contributed by atoms with Crippen molar-refractivity contribution in [2.45, 2.75) is 19.9 Å². The quantitative estimate of drug-likeness (QED) is 0.449. The SMILES string of the molecule is CC(=O)N1CCN(C(=O)c2cccc(Cn3ccnc3)c2)CC(Cc2cccc3ncccc23)C1. The molecule has 0 bridgehead atoms. The van der Waals surface area contributed by atoms with Gasteiger partial charge in [0.2, 0.25) is 5.91 Å². The molecule has 1 fully saturated rings. The lowest BCUT2D eigenvalue weighted by molar-refractivity contribution is -0.129. The van der Waals surface area contributed by atoms with E-state index in [0.717, 1.165) is 22.9 Å². The van der Waals surface area contributed by atoms with Gasteiger partial charge < -0.3 is 14.4 Å². The summed E-state index contributed by atoms with van der Waals surface area (Å²) >= 11 is 0. The Morgan fingerprint density at radius 1 is 0.971 bits per heavy atom. The van der Waals surface area contributed by atoms with E-state index in [1.54, 1.807) is 25.6 Å². The van der Waals surface area contributed by atoms with Crippen LogP contribution in [0.4, 0.5) is 0 Å². The van der Waals surface area contributed by atoms with E-state index in [-0.39, 0.29) is 17.7 Å². The molecular weight excluding hydrogens is 438 g/mol. The zero-order valence-corrected chi connectivity index (χ0v) is 19.9. The summed E-state index contributed by atoms with van der Waals surface area (Å²) in [7, 11) is 0. The first kappa shape index (κ1) is 22.8. The summed E-state index contributed by atoms with van der Waals surface area (Å²) < 4.78 is 1.98. The van der Waals surface area contributed by atoms with Crippen LogP contribution in [0.3, 0.4) is 0 Å². The van der Waals surface area contributed by atoms with Crippen molar-refractivity contribution in [2.24, 2.45) is 5.92 Å². The molecule has 0 radical (unpaired) electrons. The maximum atomic E-state index is 13.6. The van der Waals surface area contributed by atoms with Crippen molar-refractivity contribution in [2.75, 3.05) is 26.2 Å². The van der Waals surface area contributed by atoms with Gasteiger partial charge in [0, 0.05) is 69.2 Å². The largest absolute Gasteiger partial charge is 0.341 e. The summed E-state index contributed by atoms with van der Waals surface area (Å²) in [5, 5.41) is 1.12. The van der Waals surface area contributed by atoms with Gasteiger partial charge in [-0.2, -0.15) is 0 Å². The van der Waals surface area contributed by atoms with E-state index in [0.29, 0.717) is 38.3 Å². The number of rotatable bonds is 5. The first-order valence-electron chi connectivity index (χ1n) is 12.0. The van der Waals surface area contributed by atoms with E-state index in [9.17, 15) is 9.59 Å². The Hall–Kier alpha value is -4.00. The van der Waals surface area contributed by atoms with Gasteiger partial charge >= 0.3 is 0 Å². The number of aromatic nitrogens is 3. The van der Waals surface area contributed by atoms with Crippen LogP contribution in [-0.4, -0.2) is 62.3 Å². The smallest absolute Gasteiger partial charge is 0.253 e. The summed E-state index contributed by atoms with van der Waals surface area (Å²) in [5.74, 6) is 0.184. The number of pyridine rings is 1. The van der Waals surface area contributed by atoms with Crippen LogP contribution in [0.25, 0.3) is 10.9 Å². The van der Waals surface area contributed by atoms with Gasteiger partial charge in [-0.3, -0.25) is 14.6 Å². The van der Waals surface area contributed by atoms with E-state index in [1.165, 1.54) is 5.56 Å². The molecule has 1 aliphatic rings. The van der Waals surface area contributed by atoms with Crippen LogP contribution in [0.2, 0.25) is 0 Å². The monoisotopic (exact) mass is 467 g/mol. The molecule has 2 aromatic carbocycles. The molecule has 178 valence electrons. The van der Waals surface area contributed by atoms with Crippen molar-refractivity contribution in [3.8, 4) is 0 Å². The third kappa shape index (κ3) is 5.24. The first-order chi connectivity index (χ1) is 17.1. The van der Waals surface area contributed by atoms with Gasteiger partial charge in [-0.05, 0) is 47.7 Å². The topological polar surface area (TPSA) is 71.3 Å². The fraction of sp³-hybridized carbons (Fsp3) is 0.286. The lowest BCUT2D eigenvalue weighted by Crippen LogP contribution is -2.36. The third-order valence-electron chi connectivity index (χ3n) is 6.67. The summed E-state index contributed by atoms with van der Waals surface area (Å²) in [6.45, 7) is 4.58. The van der Waals surface area contributed by atoms with E-state index < -0.39 is 0 Å². The molecule has 0 aliphatic carbocycles. The fourth-order valence-corrected chi connectivity index (χ4v) is 4.94. The zero-order valence-electron chi connectivity index (χ0n) is 19.9. The first-order valence-corrected chi connectivity index (χ1v) is 12.0. The maximum Gasteiger partial charge on any atom is 0.253 e. The number of nitrogens with zero attached hydrogens (tertiary/aromatic N) is 5. The van der Waals surface area contributed by atoms with E-state index in [1.807, 2.05) is 63.0 Å². The minimum Gasteiger partial charge on any atom is -0.341 e. The van der Waals surface area contributed by atoms with Crippen LogP contribution in [0.1, 0.15) is 28.4 Å². The molecule has 2 aromatic heterocycles. The molecule has 0 saturated carbocycles. The van der Waals surface area contributed by atoms with Crippen LogP contribution in [0, 0.1) is 5.92 Å². The van der Waals surface area contributed by atoms with Gasteiger partial charge in [0.25, 0.3) is 5.91 Å². The summed E-state index contributed by atoms with van der Waals surface area (Å²) in [6.07, 6.45) is 8.01. The van der Waals surface area contributed by atoms with E-state index in [4.69, 9.17) is 0 Å². The molecule has 1 unspecified atom stereocenters. The number of fused-ring (bicyclic) bond motifs is 1. The number of benzene rings is 2. The average Bonchev–Trinajstić information content (AvgIpc) is 3.28. The van der Waals surface area contributed by atoms with Crippen LogP contribution in [0.5, 0.6) is 0 Å². The normalized spacial score (nSPS) is 16.3. The highest BCUT2D eigenvalue weighted by molar-refractivity contribution is 5.94. The van der Waals surface area contributed by atoms with Crippen molar-refractivity contribution in [3.05, 3.63) is 96.2 Å². The van der Waals surface area contributed by atoms with Crippen LogP contribution in [-0.2, 0) is 17.8 Å². The molecule has 7 nitrogen and oxygen atoms in total. The number of amides is 2. The average molecular weight is 468 g/mol. The Morgan fingerprint density at radius 3 is 2.63 bits per heavy atom. The second-order valence-corrected chi connectivity index (χ2v) is 9.21. The van der Waals surface area contributed by atoms with E-state index in [2.05, 4.69) is 22.1 Å². The van der Waals surface area contributed by atoms with Gasteiger partial charge in [-0.25, -0.2) is 4.98 Å². The molecular formula is C28H29N5O2. The van der Waals surface area contributed by atoms with Gasteiger partial charge in [0.15, 0.2) is 0 Å². The minimum atomic E-state index is 0.00692. The lowest BCUT2D eigenvalue weighted by atomic mass is 9.95.